The van der Waals surface area contributed by atoms with E-state index in [1.165, 1.54) is 0 Å². The van der Waals surface area contributed by atoms with E-state index in [1.807, 2.05) is 49.4 Å². The lowest BCUT2D eigenvalue weighted by Crippen LogP contribution is -2.52. The molecule has 0 radical (unpaired) electrons. The number of thioether (sulfide) groups is 1. The van der Waals surface area contributed by atoms with Crippen molar-refractivity contribution < 1.29 is 24.2 Å². The van der Waals surface area contributed by atoms with Crippen molar-refractivity contribution in [3.05, 3.63) is 66.7 Å². The van der Waals surface area contributed by atoms with Crippen molar-refractivity contribution in [2.45, 2.75) is 40.6 Å². The van der Waals surface area contributed by atoms with Gasteiger partial charge in [-0.15, -0.1) is 11.8 Å². The van der Waals surface area contributed by atoms with Gasteiger partial charge in [-0.05, 0) is 66.9 Å². The zero-order valence-electron chi connectivity index (χ0n) is 22.6. The molecule has 0 aromatic heterocycles. The van der Waals surface area contributed by atoms with Crippen molar-refractivity contribution in [3.63, 3.8) is 0 Å². The van der Waals surface area contributed by atoms with E-state index in [0.29, 0.717) is 36.6 Å². The number of carbonyl (C=O) groups excluding carboxylic acids is 3. The lowest BCUT2D eigenvalue weighted by molar-refractivity contribution is -0.138. The largest absolute Gasteiger partial charge is 0.494 e. The molecule has 10 heteroatoms. The summed E-state index contributed by atoms with van der Waals surface area (Å²) in [5.74, 6) is -1.22. The van der Waals surface area contributed by atoms with Crippen molar-refractivity contribution >= 4 is 67.6 Å². The average molecular weight is 639 g/mol. The number of alkyl halides is 1. The van der Waals surface area contributed by atoms with E-state index in [4.69, 9.17) is 4.74 Å². The van der Waals surface area contributed by atoms with Crippen LogP contribution in [0.4, 0.5) is 11.4 Å². The molecular weight excluding hydrogens is 606 g/mol. The third kappa shape index (κ3) is 4.89. The van der Waals surface area contributed by atoms with Crippen molar-refractivity contribution in [2.75, 3.05) is 30.4 Å². The van der Waals surface area contributed by atoms with Crippen LogP contribution in [-0.4, -0.2) is 68.4 Å². The maximum Gasteiger partial charge on any atom is 0.248 e. The van der Waals surface area contributed by atoms with Crippen LogP contribution >= 0.6 is 27.7 Å². The third-order valence-electron chi connectivity index (χ3n) is 8.35. The van der Waals surface area contributed by atoms with Crippen molar-refractivity contribution in [1.82, 2.24) is 4.90 Å². The Labute approximate surface area is 251 Å². The zero-order chi connectivity index (χ0) is 28.7. The highest BCUT2D eigenvalue weighted by Crippen LogP contribution is 2.67. The molecule has 214 valence electrons. The van der Waals surface area contributed by atoms with Crippen LogP contribution in [0.3, 0.4) is 0 Å². The Bertz CT molecular complexity index is 1490. The fourth-order valence-electron chi connectivity index (χ4n) is 6.72. The summed E-state index contributed by atoms with van der Waals surface area (Å²) in [7, 11) is 0. The van der Waals surface area contributed by atoms with Gasteiger partial charge in [0.25, 0.3) is 0 Å². The second kappa shape index (κ2) is 11.3. The molecule has 3 aromatic carbocycles. The number of hydrogen-bond acceptors (Lipinski definition) is 6. The number of amides is 3. The maximum absolute atomic E-state index is 14.0. The standard InChI is InChI=1S/C31H32BrN3O5S/c1-2-40-22-12-10-20(11-13-22)33-28(37)24-25-30(39)35(14-5-15-36)27(31(25)17-23(32)26(24)41-31)29(38)34-21-9-8-18-6-3-4-7-19(18)16-21/h3-4,6-13,16,23-27,36H,2,5,14-15,17H2,1H3,(H,33,37)(H,34,38)/t23?,24-,25+,26-,27?,31?/m1/s1. The van der Waals surface area contributed by atoms with Crippen LogP contribution in [0.1, 0.15) is 19.8 Å². The van der Waals surface area contributed by atoms with Crippen LogP contribution in [0.2, 0.25) is 0 Å². The van der Waals surface area contributed by atoms with E-state index >= 15 is 0 Å². The van der Waals surface area contributed by atoms with Crippen molar-refractivity contribution in [1.29, 1.82) is 0 Å². The van der Waals surface area contributed by atoms with E-state index in [0.717, 1.165) is 10.8 Å². The molecule has 8 nitrogen and oxygen atoms in total. The fraction of sp³-hybridized carbons (Fsp3) is 0.387. The molecule has 6 rings (SSSR count). The zero-order valence-corrected chi connectivity index (χ0v) is 25.0. The monoisotopic (exact) mass is 637 g/mol. The molecule has 6 atom stereocenters. The summed E-state index contributed by atoms with van der Waals surface area (Å²) in [5, 5.41) is 17.6. The van der Waals surface area contributed by atoms with E-state index in [1.54, 1.807) is 40.9 Å². The number of benzene rings is 3. The number of carbonyl (C=O) groups is 3. The van der Waals surface area contributed by atoms with Gasteiger partial charge in [0.15, 0.2) is 0 Å². The minimum absolute atomic E-state index is 0.0265. The molecule has 0 aliphatic carbocycles. The van der Waals surface area contributed by atoms with Gasteiger partial charge in [0, 0.05) is 34.6 Å². The van der Waals surface area contributed by atoms with Crippen LogP contribution in [-0.2, 0) is 14.4 Å². The minimum Gasteiger partial charge on any atom is -0.494 e. The number of anilines is 2. The van der Waals surface area contributed by atoms with Crippen molar-refractivity contribution in [2.24, 2.45) is 11.8 Å². The first-order valence-corrected chi connectivity index (χ1v) is 15.7. The predicted octanol–water partition coefficient (Wildman–Crippen LogP) is 4.66. The molecule has 3 unspecified atom stereocenters. The summed E-state index contributed by atoms with van der Waals surface area (Å²) in [6.07, 6.45) is 0.945. The van der Waals surface area contributed by atoms with Crippen LogP contribution < -0.4 is 15.4 Å². The Balaban J connectivity index is 1.29. The van der Waals surface area contributed by atoms with Crippen LogP contribution in [0, 0.1) is 11.8 Å². The van der Waals surface area contributed by atoms with Crippen molar-refractivity contribution in [3.8, 4) is 5.75 Å². The van der Waals surface area contributed by atoms with Gasteiger partial charge in [-0.1, -0.05) is 46.3 Å². The molecule has 3 heterocycles. The van der Waals surface area contributed by atoms with Gasteiger partial charge in [0.1, 0.15) is 11.8 Å². The Morgan fingerprint density at radius 2 is 1.76 bits per heavy atom. The van der Waals surface area contributed by atoms with Gasteiger partial charge in [-0.2, -0.15) is 0 Å². The number of halogens is 1. The maximum atomic E-state index is 14.0. The lowest BCUT2D eigenvalue weighted by atomic mass is 9.70. The molecule has 0 saturated carbocycles. The summed E-state index contributed by atoms with van der Waals surface area (Å²) >= 11 is 5.38. The number of aliphatic hydroxyl groups excluding tert-OH is 1. The number of fused-ring (bicyclic) bond motifs is 2. The minimum atomic E-state index is -0.767. The van der Waals surface area contributed by atoms with Gasteiger partial charge in [-0.25, -0.2) is 0 Å². The number of rotatable bonds is 9. The second-order valence-corrected chi connectivity index (χ2v) is 13.5. The van der Waals surface area contributed by atoms with Crippen LogP contribution in [0.5, 0.6) is 5.75 Å². The second-order valence-electron chi connectivity index (χ2n) is 10.8. The Morgan fingerprint density at radius 1 is 1.05 bits per heavy atom. The summed E-state index contributed by atoms with van der Waals surface area (Å²) in [4.78, 5) is 43.4. The summed E-state index contributed by atoms with van der Waals surface area (Å²) in [6.45, 7) is 2.61. The highest BCUT2D eigenvalue weighted by Gasteiger charge is 2.75. The molecule has 3 N–H and O–H groups in total. The first-order valence-electron chi connectivity index (χ1n) is 13.9. The number of ether oxygens (including phenoxy) is 1. The quantitative estimate of drug-likeness (QED) is 0.295. The summed E-state index contributed by atoms with van der Waals surface area (Å²) in [5.41, 5.74) is 1.28. The normalized spacial score (nSPS) is 28.1. The SMILES string of the molecule is CCOc1ccc(NC(=O)[C@H]2[C@@H]3SC4(CC3Br)C(C(=O)Nc3ccc5ccccc5c3)N(CCCO)C(=O)[C@H]24)cc1. The highest BCUT2D eigenvalue weighted by atomic mass is 79.9. The van der Waals surface area contributed by atoms with Crippen LogP contribution in [0.25, 0.3) is 10.8 Å². The van der Waals surface area contributed by atoms with Gasteiger partial charge in [0.2, 0.25) is 17.7 Å². The molecule has 3 aliphatic heterocycles. The summed E-state index contributed by atoms with van der Waals surface area (Å²) < 4.78 is 4.75. The summed E-state index contributed by atoms with van der Waals surface area (Å²) in [6, 6.07) is 20.1. The van der Waals surface area contributed by atoms with Crippen LogP contribution in [0.15, 0.2) is 66.7 Å². The number of aliphatic hydroxyl groups is 1. The molecule has 3 saturated heterocycles. The topological polar surface area (TPSA) is 108 Å². The highest BCUT2D eigenvalue weighted by molar-refractivity contribution is 9.09. The molecule has 41 heavy (non-hydrogen) atoms. The predicted molar refractivity (Wildman–Crippen MR) is 164 cm³/mol. The molecule has 3 fully saturated rings. The van der Waals surface area contributed by atoms with Gasteiger partial charge >= 0.3 is 0 Å². The molecule has 3 aromatic rings. The molecule has 3 amide bonds. The molecular formula is C31H32BrN3O5S. The molecule has 3 aliphatic rings. The van der Waals surface area contributed by atoms with E-state index in [2.05, 4.69) is 26.6 Å². The molecule has 1 spiro atoms. The Hall–Kier alpha value is -3.08. The molecule has 2 bridgehead atoms. The van der Waals surface area contributed by atoms with Gasteiger partial charge in [0.05, 0.1) is 23.2 Å². The Morgan fingerprint density at radius 3 is 2.49 bits per heavy atom. The van der Waals surface area contributed by atoms with Gasteiger partial charge in [-0.3, -0.25) is 14.4 Å². The van der Waals surface area contributed by atoms with E-state index in [-0.39, 0.29) is 41.0 Å². The number of nitrogens with zero attached hydrogens (tertiary/aromatic N) is 1. The Kier molecular flexibility index (Phi) is 7.74. The lowest BCUT2D eigenvalue weighted by Gasteiger charge is -2.35. The van der Waals surface area contributed by atoms with E-state index < -0.39 is 22.6 Å². The fourth-order valence-corrected chi connectivity index (χ4v) is 10.3. The third-order valence-corrected chi connectivity index (χ3v) is 11.6. The van der Waals surface area contributed by atoms with Gasteiger partial charge < -0.3 is 25.4 Å². The smallest absolute Gasteiger partial charge is 0.248 e. The number of hydrogen-bond donors (Lipinski definition) is 3. The first-order chi connectivity index (χ1) is 19.9. The van der Waals surface area contributed by atoms with E-state index in [9.17, 15) is 19.5 Å². The average Bonchev–Trinajstić information content (AvgIpc) is 3.56. The number of nitrogens with one attached hydrogen (secondary N) is 2. The first kappa shape index (κ1) is 28.1. The number of likely N-dealkylation sites (tertiary alicyclic amines) is 1.